The van der Waals surface area contributed by atoms with Gasteiger partial charge in [0.2, 0.25) is 0 Å². The number of hydrogen-bond donors (Lipinski definition) is 3. The van der Waals surface area contributed by atoms with E-state index in [1.54, 1.807) is 36.7 Å². The van der Waals surface area contributed by atoms with Crippen LogP contribution in [0.4, 0.5) is 5.69 Å². The van der Waals surface area contributed by atoms with Gasteiger partial charge >= 0.3 is 0 Å². The van der Waals surface area contributed by atoms with E-state index in [1.807, 2.05) is 11.6 Å². The number of pyridine rings is 1. The minimum absolute atomic E-state index is 0.220. The van der Waals surface area contributed by atoms with Crippen LogP contribution < -0.4 is 10.6 Å². The van der Waals surface area contributed by atoms with Crippen LogP contribution in [0.25, 0.3) is 11.0 Å². The SMILES string of the molecule is CCn1ncc2c(NC3CCCCC3)c(C(=O)NC(CO)c3ccc(Cl)cc3)cnc21. The normalized spacial score (nSPS) is 15.7. The minimum Gasteiger partial charge on any atom is -0.394 e. The van der Waals surface area contributed by atoms with Crippen LogP contribution in [0, 0.1) is 0 Å². The fourth-order valence-corrected chi connectivity index (χ4v) is 4.33. The molecule has 1 aromatic carbocycles. The van der Waals surface area contributed by atoms with Crippen molar-refractivity contribution in [2.75, 3.05) is 11.9 Å². The van der Waals surface area contributed by atoms with Crippen molar-refractivity contribution in [3.8, 4) is 0 Å². The molecular formula is C23H28ClN5O2. The summed E-state index contributed by atoms with van der Waals surface area (Å²) < 4.78 is 1.83. The molecule has 0 saturated heterocycles. The molecule has 2 aromatic heterocycles. The van der Waals surface area contributed by atoms with Crippen LogP contribution in [0.1, 0.15) is 61.0 Å². The number of amides is 1. The number of aryl methyl sites for hydroxylation is 1. The van der Waals surface area contributed by atoms with Crippen molar-refractivity contribution in [3.63, 3.8) is 0 Å². The maximum atomic E-state index is 13.3. The van der Waals surface area contributed by atoms with E-state index in [1.165, 1.54) is 19.3 Å². The maximum Gasteiger partial charge on any atom is 0.255 e. The summed E-state index contributed by atoms with van der Waals surface area (Å²) in [7, 11) is 0. The van der Waals surface area contributed by atoms with Crippen LogP contribution >= 0.6 is 11.6 Å². The monoisotopic (exact) mass is 441 g/mol. The number of aliphatic hydroxyl groups excluding tert-OH is 1. The fourth-order valence-electron chi connectivity index (χ4n) is 4.20. The molecule has 4 rings (SSSR count). The average molecular weight is 442 g/mol. The van der Waals surface area contributed by atoms with Crippen molar-refractivity contribution in [3.05, 3.63) is 52.8 Å². The number of rotatable bonds is 7. The Morgan fingerprint density at radius 1 is 1.23 bits per heavy atom. The summed E-state index contributed by atoms with van der Waals surface area (Å²) in [6, 6.07) is 6.87. The highest BCUT2D eigenvalue weighted by molar-refractivity contribution is 6.30. The van der Waals surface area contributed by atoms with Gasteiger partial charge in [0.25, 0.3) is 5.91 Å². The van der Waals surface area contributed by atoms with Gasteiger partial charge < -0.3 is 15.7 Å². The van der Waals surface area contributed by atoms with Crippen molar-refractivity contribution in [1.29, 1.82) is 0 Å². The smallest absolute Gasteiger partial charge is 0.255 e. The van der Waals surface area contributed by atoms with Crippen LogP contribution in [0.5, 0.6) is 0 Å². The van der Waals surface area contributed by atoms with Gasteiger partial charge in [0.05, 0.1) is 35.5 Å². The number of aliphatic hydroxyl groups is 1. The minimum atomic E-state index is -0.540. The molecule has 1 amide bonds. The first kappa shape index (κ1) is 21.6. The molecule has 1 fully saturated rings. The largest absolute Gasteiger partial charge is 0.394 e. The predicted molar refractivity (Wildman–Crippen MR) is 122 cm³/mol. The first-order valence-electron chi connectivity index (χ1n) is 10.9. The van der Waals surface area contributed by atoms with Crippen molar-refractivity contribution in [2.24, 2.45) is 0 Å². The summed E-state index contributed by atoms with van der Waals surface area (Å²) in [5.41, 5.74) is 2.77. The quantitative estimate of drug-likeness (QED) is 0.508. The third-order valence-electron chi connectivity index (χ3n) is 5.92. The van der Waals surface area contributed by atoms with Gasteiger partial charge in [0.15, 0.2) is 5.65 Å². The van der Waals surface area contributed by atoms with E-state index in [2.05, 4.69) is 20.7 Å². The van der Waals surface area contributed by atoms with Crippen LogP contribution in [-0.4, -0.2) is 38.4 Å². The topological polar surface area (TPSA) is 92.1 Å². The van der Waals surface area contributed by atoms with E-state index >= 15 is 0 Å². The summed E-state index contributed by atoms with van der Waals surface area (Å²) in [4.78, 5) is 17.8. The van der Waals surface area contributed by atoms with E-state index < -0.39 is 6.04 Å². The summed E-state index contributed by atoms with van der Waals surface area (Å²) in [5.74, 6) is -0.286. The third-order valence-corrected chi connectivity index (χ3v) is 6.18. The van der Waals surface area contributed by atoms with Crippen LogP contribution in [0.15, 0.2) is 36.7 Å². The number of halogens is 1. The first-order chi connectivity index (χ1) is 15.1. The molecule has 2 heterocycles. The van der Waals surface area contributed by atoms with Crippen LogP contribution in [0.3, 0.4) is 0 Å². The highest BCUT2D eigenvalue weighted by atomic mass is 35.5. The van der Waals surface area contributed by atoms with E-state index in [-0.39, 0.29) is 12.5 Å². The lowest BCUT2D eigenvalue weighted by Gasteiger charge is -2.26. The highest BCUT2D eigenvalue weighted by Gasteiger charge is 2.23. The van der Waals surface area contributed by atoms with E-state index in [0.717, 1.165) is 35.1 Å². The Hall–Kier alpha value is -2.64. The summed E-state index contributed by atoms with van der Waals surface area (Å²) >= 11 is 5.97. The van der Waals surface area contributed by atoms with Gasteiger partial charge in [-0.15, -0.1) is 0 Å². The molecule has 1 aliphatic rings. The number of anilines is 1. The van der Waals surface area contributed by atoms with Gasteiger partial charge in [-0.05, 0) is 37.5 Å². The predicted octanol–water partition coefficient (Wildman–Crippen LogP) is 4.31. The van der Waals surface area contributed by atoms with Crippen molar-refractivity contribution in [2.45, 2.75) is 57.7 Å². The van der Waals surface area contributed by atoms with Gasteiger partial charge in [0, 0.05) is 23.8 Å². The number of hydrogen-bond acceptors (Lipinski definition) is 5. The zero-order valence-corrected chi connectivity index (χ0v) is 18.4. The second-order valence-electron chi connectivity index (χ2n) is 7.98. The Labute approximate surface area is 186 Å². The summed E-state index contributed by atoms with van der Waals surface area (Å²) in [6.07, 6.45) is 9.16. The van der Waals surface area contributed by atoms with Crippen molar-refractivity contribution < 1.29 is 9.90 Å². The van der Waals surface area contributed by atoms with E-state index in [4.69, 9.17) is 11.6 Å². The Balaban J connectivity index is 1.66. The Bertz CT molecular complexity index is 1040. The number of nitrogens with one attached hydrogen (secondary N) is 2. The van der Waals surface area contributed by atoms with Gasteiger partial charge in [-0.25, -0.2) is 9.67 Å². The number of aromatic nitrogens is 3. The second kappa shape index (κ2) is 9.66. The van der Waals surface area contributed by atoms with Gasteiger partial charge in [-0.3, -0.25) is 4.79 Å². The molecule has 164 valence electrons. The molecule has 7 nitrogen and oxygen atoms in total. The Morgan fingerprint density at radius 2 is 1.97 bits per heavy atom. The molecule has 0 radical (unpaired) electrons. The maximum absolute atomic E-state index is 13.3. The number of carbonyl (C=O) groups excluding carboxylic acids is 1. The number of carbonyl (C=O) groups is 1. The molecule has 8 heteroatoms. The first-order valence-corrected chi connectivity index (χ1v) is 11.3. The zero-order valence-electron chi connectivity index (χ0n) is 17.6. The number of nitrogens with zero attached hydrogens (tertiary/aromatic N) is 3. The van der Waals surface area contributed by atoms with Crippen LogP contribution in [-0.2, 0) is 6.54 Å². The molecule has 0 aliphatic heterocycles. The molecule has 1 aliphatic carbocycles. The number of fused-ring (bicyclic) bond motifs is 1. The van der Waals surface area contributed by atoms with Gasteiger partial charge in [0.1, 0.15) is 0 Å². The fraction of sp³-hybridized carbons (Fsp3) is 0.435. The van der Waals surface area contributed by atoms with Crippen molar-refractivity contribution >= 4 is 34.2 Å². The molecule has 31 heavy (non-hydrogen) atoms. The molecule has 3 N–H and O–H groups in total. The Kier molecular flexibility index (Phi) is 6.73. The summed E-state index contributed by atoms with van der Waals surface area (Å²) in [6.45, 7) is 2.50. The molecule has 3 aromatic rings. The highest BCUT2D eigenvalue weighted by Crippen LogP contribution is 2.30. The van der Waals surface area contributed by atoms with Crippen molar-refractivity contribution in [1.82, 2.24) is 20.1 Å². The Morgan fingerprint density at radius 3 is 2.65 bits per heavy atom. The lowest BCUT2D eigenvalue weighted by Crippen LogP contribution is -2.32. The molecule has 1 atom stereocenters. The number of benzene rings is 1. The molecule has 1 saturated carbocycles. The zero-order chi connectivity index (χ0) is 21.8. The van der Waals surface area contributed by atoms with E-state index in [0.29, 0.717) is 23.2 Å². The molecular weight excluding hydrogens is 414 g/mol. The van der Waals surface area contributed by atoms with Gasteiger partial charge in [-0.1, -0.05) is 43.0 Å². The lowest BCUT2D eigenvalue weighted by molar-refractivity contribution is 0.0916. The standard InChI is InChI=1S/C23H28ClN5O2/c1-2-29-22-18(13-26-29)21(27-17-6-4-3-5-7-17)19(12-25-22)23(31)28-20(14-30)15-8-10-16(24)11-9-15/h8-13,17,20,30H,2-7,14H2,1H3,(H,25,27)(H,28,31). The molecule has 0 bridgehead atoms. The second-order valence-corrected chi connectivity index (χ2v) is 8.42. The average Bonchev–Trinajstić information content (AvgIpc) is 3.22. The molecule has 0 spiro atoms. The molecule has 1 unspecified atom stereocenters. The van der Waals surface area contributed by atoms with Gasteiger partial charge in [-0.2, -0.15) is 5.10 Å². The van der Waals surface area contributed by atoms with E-state index in [9.17, 15) is 9.90 Å². The third kappa shape index (κ3) is 4.67. The lowest BCUT2D eigenvalue weighted by atomic mass is 9.95. The summed E-state index contributed by atoms with van der Waals surface area (Å²) in [5, 5.41) is 22.3. The van der Waals surface area contributed by atoms with Crippen LogP contribution in [0.2, 0.25) is 5.02 Å².